The second kappa shape index (κ2) is 7.80. The van der Waals surface area contributed by atoms with Crippen molar-refractivity contribution < 1.29 is 13.2 Å². The molecule has 0 saturated carbocycles. The summed E-state index contributed by atoms with van der Waals surface area (Å²) in [5.41, 5.74) is 2.38. The Morgan fingerprint density at radius 1 is 0.889 bits per heavy atom. The summed E-state index contributed by atoms with van der Waals surface area (Å²) >= 11 is 11.9. The molecule has 8 heteroatoms. The van der Waals surface area contributed by atoms with Crippen LogP contribution in [0.1, 0.15) is 21.5 Å². The first-order valence-electron chi connectivity index (χ1n) is 8.51. The van der Waals surface area contributed by atoms with Crippen LogP contribution in [0.4, 0.5) is 0 Å². The summed E-state index contributed by atoms with van der Waals surface area (Å²) < 4.78 is 27.2. The minimum Gasteiger partial charge on any atom is -0.336 e. The third kappa shape index (κ3) is 4.29. The number of halogens is 2. The third-order valence-electron chi connectivity index (χ3n) is 4.75. The van der Waals surface area contributed by atoms with Gasteiger partial charge in [-0.05, 0) is 55.3 Å². The maximum absolute atomic E-state index is 12.9. The lowest BCUT2D eigenvalue weighted by atomic mass is 10.1. The molecule has 0 aromatic heterocycles. The van der Waals surface area contributed by atoms with Crippen molar-refractivity contribution in [1.82, 2.24) is 9.21 Å². The molecule has 1 fully saturated rings. The quantitative estimate of drug-likeness (QED) is 0.750. The molecule has 2 aromatic rings. The highest BCUT2D eigenvalue weighted by molar-refractivity contribution is 7.89. The highest BCUT2D eigenvalue weighted by atomic mass is 35.5. The molecule has 1 aliphatic rings. The Morgan fingerprint density at radius 3 is 2.04 bits per heavy atom. The van der Waals surface area contributed by atoms with Gasteiger partial charge in [0, 0.05) is 41.8 Å². The Hall–Kier alpha value is -1.60. The monoisotopic (exact) mass is 426 g/mol. The van der Waals surface area contributed by atoms with Gasteiger partial charge in [0.1, 0.15) is 0 Å². The largest absolute Gasteiger partial charge is 0.336 e. The lowest BCUT2D eigenvalue weighted by Gasteiger charge is -2.34. The smallest absolute Gasteiger partial charge is 0.254 e. The normalized spacial score (nSPS) is 15.8. The summed E-state index contributed by atoms with van der Waals surface area (Å²) in [5, 5.41) is 0.781. The molecule has 1 aliphatic heterocycles. The van der Waals surface area contributed by atoms with E-state index in [2.05, 4.69) is 0 Å². The molecule has 0 radical (unpaired) electrons. The maximum Gasteiger partial charge on any atom is 0.254 e. The zero-order chi connectivity index (χ0) is 19.8. The zero-order valence-electron chi connectivity index (χ0n) is 15.1. The average Bonchev–Trinajstić information content (AvgIpc) is 2.62. The zero-order valence-corrected chi connectivity index (χ0v) is 17.4. The fourth-order valence-corrected chi connectivity index (χ4v) is 5.05. The number of amides is 1. The number of carbonyl (C=O) groups is 1. The number of sulfonamides is 1. The maximum atomic E-state index is 12.9. The Kier molecular flexibility index (Phi) is 5.82. The van der Waals surface area contributed by atoms with E-state index in [1.54, 1.807) is 35.2 Å². The van der Waals surface area contributed by atoms with E-state index >= 15 is 0 Å². The van der Waals surface area contributed by atoms with Crippen LogP contribution in [-0.4, -0.2) is 49.7 Å². The van der Waals surface area contributed by atoms with E-state index in [4.69, 9.17) is 23.2 Å². The SMILES string of the molecule is Cc1ccc(S(=O)(=O)N2CCN(C(=O)c3cc(Cl)cc(Cl)c3)CC2)cc1C. The summed E-state index contributed by atoms with van der Waals surface area (Å²) in [7, 11) is -3.58. The number of piperazine rings is 1. The summed E-state index contributed by atoms with van der Waals surface area (Å²) in [6.07, 6.45) is 0. The Balaban J connectivity index is 1.72. The topological polar surface area (TPSA) is 57.7 Å². The highest BCUT2D eigenvalue weighted by Gasteiger charge is 2.30. The van der Waals surface area contributed by atoms with Crippen molar-refractivity contribution in [2.45, 2.75) is 18.7 Å². The van der Waals surface area contributed by atoms with Crippen molar-refractivity contribution in [3.8, 4) is 0 Å². The average molecular weight is 427 g/mol. The molecule has 0 spiro atoms. The van der Waals surface area contributed by atoms with Gasteiger partial charge < -0.3 is 4.90 Å². The molecule has 144 valence electrons. The van der Waals surface area contributed by atoms with Gasteiger partial charge in [0.05, 0.1) is 4.90 Å². The van der Waals surface area contributed by atoms with E-state index in [0.717, 1.165) is 11.1 Å². The molecule has 0 bridgehead atoms. The molecule has 0 unspecified atom stereocenters. The first-order chi connectivity index (χ1) is 12.7. The van der Waals surface area contributed by atoms with Crippen LogP contribution < -0.4 is 0 Å². The first-order valence-corrected chi connectivity index (χ1v) is 10.7. The van der Waals surface area contributed by atoms with E-state index in [1.807, 2.05) is 19.9 Å². The molecular formula is C19H20Cl2N2O3S. The van der Waals surface area contributed by atoms with Gasteiger partial charge in [-0.1, -0.05) is 29.3 Å². The number of nitrogens with zero attached hydrogens (tertiary/aromatic N) is 2. The Labute approximate surface area is 169 Å². The number of carbonyl (C=O) groups excluding carboxylic acids is 1. The molecule has 3 rings (SSSR count). The van der Waals surface area contributed by atoms with Crippen LogP contribution in [-0.2, 0) is 10.0 Å². The number of benzene rings is 2. The molecular weight excluding hydrogens is 407 g/mol. The van der Waals surface area contributed by atoms with E-state index in [9.17, 15) is 13.2 Å². The van der Waals surface area contributed by atoms with Crippen LogP contribution in [0.2, 0.25) is 10.0 Å². The molecule has 1 heterocycles. The van der Waals surface area contributed by atoms with E-state index in [-0.39, 0.29) is 23.9 Å². The van der Waals surface area contributed by atoms with Crippen LogP contribution in [0.3, 0.4) is 0 Å². The van der Waals surface area contributed by atoms with Crippen LogP contribution in [0.5, 0.6) is 0 Å². The van der Waals surface area contributed by atoms with Gasteiger partial charge in [-0.25, -0.2) is 8.42 Å². The molecule has 2 aromatic carbocycles. The number of rotatable bonds is 3. The molecule has 0 aliphatic carbocycles. The van der Waals surface area contributed by atoms with Crippen molar-refractivity contribution in [1.29, 1.82) is 0 Å². The van der Waals surface area contributed by atoms with Gasteiger partial charge in [0.2, 0.25) is 10.0 Å². The van der Waals surface area contributed by atoms with Crippen LogP contribution in [0.15, 0.2) is 41.3 Å². The Morgan fingerprint density at radius 2 is 1.48 bits per heavy atom. The first kappa shape index (κ1) is 20.1. The van der Waals surface area contributed by atoms with Crippen molar-refractivity contribution in [3.63, 3.8) is 0 Å². The highest BCUT2D eigenvalue weighted by Crippen LogP contribution is 2.23. The van der Waals surface area contributed by atoms with Gasteiger partial charge in [-0.15, -0.1) is 0 Å². The van der Waals surface area contributed by atoms with E-state index in [1.165, 1.54) is 4.31 Å². The van der Waals surface area contributed by atoms with Crippen LogP contribution in [0.25, 0.3) is 0 Å². The molecule has 1 amide bonds. The van der Waals surface area contributed by atoms with Gasteiger partial charge >= 0.3 is 0 Å². The third-order valence-corrected chi connectivity index (χ3v) is 7.08. The fourth-order valence-electron chi connectivity index (χ4n) is 3.01. The minimum atomic E-state index is -3.58. The van der Waals surface area contributed by atoms with Gasteiger partial charge in [-0.2, -0.15) is 4.31 Å². The standard InChI is InChI=1S/C19H20Cl2N2O3S/c1-13-3-4-18(9-14(13)2)27(25,26)23-7-5-22(6-8-23)19(24)15-10-16(20)12-17(21)11-15/h3-4,9-12H,5-8H2,1-2H3. The predicted octanol–water partition coefficient (Wildman–Crippen LogP) is 3.76. The number of hydrogen-bond donors (Lipinski definition) is 0. The number of aryl methyl sites for hydroxylation is 2. The fraction of sp³-hybridized carbons (Fsp3) is 0.316. The molecule has 1 saturated heterocycles. The second-order valence-corrected chi connectivity index (χ2v) is 9.41. The predicted molar refractivity (Wildman–Crippen MR) is 107 cm³/mol. The summed E-state index contributed by atoms with van der Waals surface area (Å²) in [5.74, 6) is -0.206. The molecule has 27 heavy (non-hydrogen) atoms. The summed E-state index contributed by atoms with van der Waals surface area (Å²) in [6.45, 7) is 4.95. The lowest BCUT2D eigenvalue weighted by molar-refractivity contribution is 0.0698. The van der Waals surface area contributed by atoms with Crippen LogP contribution in [0, 0.1) is 13.8 Å². The van der Waals surface area contributed by atoms with Crippen LogP contribution >= 0.6 is 23.2 Å². The molecule has 0 N–H and O–H groups in total. The van der Waals surface area contributed by atoms with Gasteiger partial charge in [-0.3, -0.25) is 4.79 Å². The molecule has 0 atom stereocenters. The van der Waals surface area contributed by atoms with Crippen molar-refractivity contribution in [3.05, 3.63) is 63.1 Å². The van der Waals surface area contributed by atoms with Crippen molar-refractivity contribution >= 4 is 39.1 Å². The van der Waals surface area contributed by atoms with E-state index in [0.29, 0.717) is 28.7 Å². The number of hydrogen-bond acceptors (Lipinski definition) is 3. The van der Waals surface area contributed by atoms with Crippen molar-refractivity contribution in [2.24, 2.45) is 0 Å². The van der Waals surface area contributed by atoms with Gasteiger partial charge in [0.15, 0.2) is 0 Å². The second-order valence-electron chi connectivity index (χ2n) is 6.60. The summed E-state index contributed by atoms with van der Waals surface area (Å²) in [6, 6.07) is 9.82. The van der Waals surface area contributed by atoms with Gasteiger partial charge in [0.25, 0.3) is 5.91 Å². The van der Waals surface area contributed by atoms with Crippen molar-refractivity contribution in [2.75, 3.05) is 26.2 Å². The Bertz CT molecular complexity index is 964. The lowest BCUT2D eigenvalue weighted by Crippen LogP contribution is -2.50. The van der Waals surface area contributed by atoms with E-state index < -0.39 is 10.0 Å². The summed E-state index contributed by atoms with van der Waals surface area (Å²) in [4.78, 5) is 14.6. The minimum absolute atomic E-state index is 0.206. The molecule has 5 nitrogen and oxygen atoms in total.